The van der Waals surface area contributed by atoms with Gasteiger partial charge >= 0.3 is 0 Å². The van der Waals surface area contributed by atoms with Crippen molar-refractivity contribution < 1.29 is 0 Å². The van der Waals surface area contributed by atoms with Gasteiger partial charge in [-0.1, -0.05) is 56.3 Å². The molecule has 106 valence electrons. The molecule has 0 heterocycles. The molecule has 2 rings (SSSR count). The fourth-order valence-electron chi connectivity index (χ4n) is 2.13. The van der Waals surface area contributed by atoms with E-state index in [0.717, 1.165) is 13.1 Å². The van der Waals surface area contributed by atoms with Crippen molar-refractivity contribution in [2.45, 2.75) is 33.0 Å². The van der Waals surface area contributed by atoms with Gasteiger partial charge in [-0.3, -0.25) is 0 Å². The highest BCUT2D eigenvalue weighted by Crippen LogP contribution is 2.15. The molecule has 0 aliphatic carbocycles. The first-order valence-electron chi connectivity index (χ1n) is 7.22. The van der Waals surface area contributed by atoms with E-state index in [-0.39, 0.29) is 0 Å². The van der Waals surface area contributed by atoms with E-state index in [1.54, 1.807) is 0 Å². The number of nitrogens with one attached hydrogen (secondary N) is 1. The summed E-state index contributed by atoms with van der Waals surface area (Å²) in [6.07, 6.45) is 0. The van der Waals surface area contributed by atoms with Crippen LogP contribution < -0.4 is 10.2 Å². The third-order valence-corrected chi connectivity index (χ3v) is 3.35. The van der Waals surface area contributed by atoms with Crippen LogP contribution in [0.3, 0.4) is 0 Å². The fourth-order valence-corrected chi connectivity index (χ4v) is 2.13. The van der Waals surface area contributed by atoms with Gasteiger partial charge in [-0.05, 0) is 23.3 Å². The van der Waals surface area contributed by atoms with Gasteiger partial charge in [-0.25, -0.2) is 0 Å². The monoisotopic (exact) mass is 268 g/mol. The number of hydrogen-bond donors (Lipinski definition) is 1. The first-order chi connectivity index (χ1) is 9.65. The van der Waals surface area contributed by atoms with Crippen LogP contribution in [0.5, 0.6) is 0 Å². The zero-order valence-electron chi connectivity index (χ0n) is 12.6. The van der Waals surface area contributed by atoms with Gasteiger partial charge in [0, 0.05) is 31.9 Å². The first kappa shape index (κ1) is 14.6. The molecule has 2 heteroatoms. The van der Waals surface area contributed by atoms with Gasteiger partial charge in [0.25, 0.3) is 0 Å². The lowest BCUT2D eigenvalue weighted by Crippen LogP contribution is -2.21. The van der Waals surface area contributed by atoms with Crippen molar-refractivity contribution in [3.05, 3.63) is 65.7 Å². The molecule has 0 fully saturated rings. The second-order valence-electron chi connectivity index (χ2n) is 5.54. The average molecular weight is 268 g/mol. The van der Waals surface area contributed by atoms with E-state index >= 15 is 0 Å². The Balaban J connectivity index is 1.93. The molecule has 0 saturated carbocycles. The Morgan fingerprint density at radius 1 is 0.900 bits per heavy atom. The Kier molecular flexibility index (Phi) is 5.19. The number of anilines is 1. The van der Waals surface area contributed by atoms with Crippen molar-refractivity contribution in [3.63, 3.8) is 0 Å². The Labute approximate surface area is 122 Å². The van der Waals surface area contributed by atoms with Crippen molar-refractivity contribution in [1.29, 1.82) is 0 Å². The molecular formula is C18H24N2. The van der Waals surface area contributed by atoms with Gasteiger partial charge in [0.05, 0.1) is 0 Å². The maximum absolute atomic E-state index is 3.44. The average Bonchev–Trinajstić information content (AvgIpc) is 2.47. The lowest BCUT2D eigenvalue weighted by molar-refractivity contribution is 0.589. The van der Waals surface area contributed by atoms with Crippen molar-refractivity contribution in [2.24, 2.45) is 0 Å². The Morgan fingerprint density at radius 3 is 2.10 bits per heavy atom. The number of rotatable bonds is 6. The standard InChI is InChI=1S/C18H24N2/c1-15(2)19-13-16-9-11-17(12-10-16)14-20(3)18-7-5-4-6-8-18/h4-12,15,19H,13-14H2,1-3H3. The minimum absolute atomic E-state index is 0.527. The summed E-state index contributed by atoms with van der Waals surface area (Å²) in [6, 6.07) is 19.9. The zero-order chi connectivity index (χ0) is 14.4. The number of para-hydroxylation sites is 1. The van der Waals surface area contributed by atoms with Crippen LogP contribution in [0.25, 0.3) is 0 Å². The molecule has 0 radical (unpaired) electrons. The van der Waals surface area contributed by atoms with Gasteiger partial charge in [-0.15, -0.1) is 0 Å². The highest BCUT2D eigenvalue weighted by molar-refractivity contribution is 5.45. The third-order valence-electron chi connectivity index (χ3n) is 3.35. The normalized spacial score (nSPS) is 10.8. The second-order valence-corrected chi connectivity index (χ2v) is 5.54. The van der Waals surface area contributed by atoms with Crippen LogP contribution in [0.4, 0.5) is 5.69 Å². The lowest BCUT2D eigenvalue weighted by Gasteiger charge is -2.19. The largest absolute Gasteiger partial charge is 0.370 e. The van der Waals surface area contributed by atoms with E-state index in [4.69, 9.17) is 0 Å². The van der Waals surface area contributed by atoms with Crippen LogP contribution in [0, 0.1) is 0 Å². The van der Waals surface area contributed by atoms with Gasteiger partial charge in [0.1, 0.15) is 0 Å². The molecule has 0 spiro atoms. The summed E-state index contributed by atoms with van der Waals surface area (Å²) in [6.45, 7) is 6.21. The molecule has 0 atom stereocenters. The molecular weight excluding hydrogens is 244 g/mol. The van der Waals surface area contributed by atoms with Crippen molar-refractivity contribution in [2.75, 3.05) is 11.9 Å². The van der Waals surface area contributed by atoms with Crippen LogP contribution in [0.2, 0.25) is 0 Å². The Hall–Kier alpha value is -1.80. The summed E-state index contributed by atoms with van der Waals surface area (Å²) in [5.41, 5.74) is 3.92. The summed E-state index contributed by atoms with van der Waals surface area (Å²) in [5.74, 6) is 0. The van der Waals surface area contributed by atoms with Crippen molar-refractivity contribution in [1.82, 2.24) is 5.32 Å². The van der Waals surface area contributed by atoms with Gasteiger partial charge in [0.15, 0.2) is 0 Å². The molecule has 0 amide bonds. The summed E-state index contributed by atoms with van der Waals surface area (Å²) in [4.78, 5) is 2.27. The van der Waals surface area contributed by atoms with Crippen molar-refractivity contribution in [3.8, 4) is 0 Å². The van der Waals surface area contributed by atoms with Crippen LogP contribution in [0.1, 0.15) is 25.0 Å². The van der Waals surface area contributed by atoms with Crippen LogP contribution in [-0.2, 0) is 13.1 Å². The predicted octanol–water partition coefficient (Wildman–Crippen LogP) is 3.82. The summed E-state index contributed by atoms with van der Waals surface area (Å²) in [5, 5.41) is 3.44. The van der Waals surface area contributed by atoms with E-state index in [2.05, 4.69) is 79.6 Å². The van der Waals surface area contributed by atoms with E-state index in [1.165, 1.54) is 16.8 Å². The molecule has 0 saturated heterocycles. The maximum Gasteiger partial charge on any atom is 0.0426 e. The lowest BCUT2D eigenvalue weighted by atomic mass is 10.1. The molecule has 20 heavy (non-hydrogen) atoms. The maximum atomic E-state index is 3.44. The topological polar surface area (TPSA) is 15.3 Å². The molecule has 0 unspecified atom stereocenters. The van der Waals surface area contributed by atoms with Crippen LogP contribution in [0.15, 0.2) is 54.6 Å². The highest BCUT2D eigenvalue weighted by atomic mass is 15.1. The minimum Gasteiger partial charge on any atom is -0.370 e. The summed E-state index contributed by atoms with van der Waals surface area (Å²) >= 11 is 0. The quantitative estimate of drug-likeness (QED) is 0.856. The smallest absolute Gasteiger partial charge is 0.0426 e. The highest BCUT2D eigenvalue weighted by Gasteiger charge is 2.02. The van der Waals surface area contributed by atoms with Gasteiger partial charge in [-0.2, -0.15) is 0 Å². The zero-order valence-corrected chi connectivity index (χ0v) is 12.6. The molecule has 0 aliphatic rings. The van der Waals surface area contributed by atoms with Gasteiger partial charge in [0.2, 0.25) is 0 Å². The van der Waals surface area contributed by atoms with E-state index in [1.807, 2.05) is 6.07 Å². The summed E-state index contributed by atoms with van der Waals surface area (Å²) < 4.78 is 0. The van der Waals surface area contributed by atoms with E-state index < -0.39 is 0 Å². The first-order valence-corrected chi connectivity index (χ1v) is 7.22. The molecule has 1 N–H and O–H groups in total. The third kappa shape index (κ3) is 4.39. The Morgan fingerprint density at radius 2 is 1.50 bits per heavy atom. The second kappa shape index (κ2) is 7.11. The molecule has 0 aromatic heterocycles. The van der Waals surface area contributed by atoms with Crippen LogP contribution in [-0.4, -0.2) is 13.1 Å². The fraction of sp³-hybridized carbons (Fsp3) is 0.333. The van der Waals surface area contributed by atoms with Gasteiger partial charge < -0.3 is 10.2 Å². The van der Waals surface area contributed by atoms with Crippen molar-refractivity contribution >= 4 is 5.69 Å². The van der Waals surface area contributed by atoms with E-state index in [0.29, 0.717) is 6.04 Å². The molecule has 0 bridgehead atoms. The Bertz CT molecular complexity index is 503. The predicted molar refractivity (Wildman–Crippen MR) is 87.0 cm³/mol. The molecule has 0 aliphatic heterocycles. The summed E-state index contributed by atoms with van der Waals surface area (Å²) in [7, 11) is 2.13. The molecule has 2 nitrogen and oxygen atoms in total. The number of hydrogen-bond acceptors (Lipinski definition) is 2. The SMILES string of the molecule is CC(C)NCc1ccc(CN(C)c2ccccc2)cc1. The minimum atomic E-state index is 0.527. The molecule has 2 aromatic rings. The van der Waals surface area contributed by atoms with E-state index in [9.17, 15) is 0 Å². The number of nitrogens with zero attached hydrogens (tertiary/aromatic N) is 1. The van der Waals surface area contributed by atoms with Crippen LogP contribution >= 0.6 is 0 Å². The number of benzene rings is 2. The molecule has 2 aromatic carbocycles.